The fraction of sp³-hybridized carbons (Fsp3) is 0.400. The maximum atomic E-state index is 10.5. The number of carbonyl (C=O) groups is 1. The van der Waals surface area contributed by atoms with E-state index in [1.807, 2.05) is 6.92 Å². The van der Waals surface area contributed by atoms with Crippen molar-refractivity contribution in [3.63, 3.8) is 0 Å². The molecular weight excluding hydrogens is 214 g/mol. The first-order valence-corrected chi connectivity index (χ1v) is 5.55. The molecule has 0 aliphatic carbocycles. The van der Waals surface area contributed by atoms with Gasteiger partial charge in [-0.15, -0.1) is 11.8 Å². The van der Waals surface area contributed by atoms with Crippen LogP contribution in [0.3, 0.4) is 0 Å². The van der Waals surface area contributed by atoms with Crippen LogP contribution in [0.1, 0.15) is 17.4 Å². The number of carboxylic acids is 1. The van der Waals surface area contributed by atoms with E-state index in [9.17, 15) is 4.79 Å². The predicted octanol–water partition coefficient (Wildman–Crippen LogP) is 1.50. The Morgan fingerprint density at radius 3 is 2.80 bits per heavy atom. The molecule has 0 radical (unpaired) electrons. The topological polar surface area (TPSA) is 70.4 Å². The summed E-state index contributed by atoms with van der Waals surface area (Å²) in [7, 11) is 0. The van der Waals surface area contributed by atoms with E-state index in [-0.39, 0.29) is 18.2 Å². The van der Waals surface area contributed by atoms with Gasteiger partial charge in [-0.25, -0.2) is 9.78 Å². The summed E-state index contributed by atoms with van der Waals surface area (Å²) < 4.78 is 0. The first-order chi connectivity index (χ1) is 7.13. The van der Waals surface area contributed by atoms with Gasteiger partial charge in [0.2, 0.25) is 0 Å². The molecule has 1 aromatic rings. The van der Waals surface area contributed by atoms with E-state index in [1.165, 1.54) is 12.3 Å². The quantitative estimate of drug-likeness (QED) is 0.746. The highest BCUT2D eigenvalue weighted by atomic mass is 32.2. The van der Waals surface area contributed by atoms with Crippen molar-refractivity contribution >= 4 is 17.7 Å². The number of nitrogens with zero attached hydrogens (tertiary/aromatic N) is 1. The number of rotatable bonds is 5. The second-order valence-electron chi connectivity index (χ2n) is 3.28. The molecule has 0 amide bonds. The van der Waals surface area contributed by atoms with Crippen molar-refractivity contribution in [2.75, 3.05) is 12.4 Å². The molecule has 1 rings (SSSR count). The summed E-state index contributed by atoms with van der Waals surface area (Å²) in [5.41, 5.74) is 0.0505. The lowest BCUT2D eigenvalue weighted by molar-refractivity contribution is 0.0690. The Morgan fingerprint density at radius 1 is 1.60 bits per heavy atom. The van der Waals surface area contributed by atoms with Gasteiger partial charge in [-0.05, 0) is 18.1 Å². The van der Waals surface area contributed by atoms with E-state index >= 15 is 0 Å². The molecule has 0 saturated heterocycles. The third-order valence-corrected chi connectivity index (χ3v) is 3.11. The summed E-state index contributed by atoms with van der Waals surface area (Å²) in [5.74, 6) is 0.00866. The Morgan fingerprint density at radius 2 is 2.33 bits per heavy atom. The van der Waals surface area contributed by atoms with Gasteiger partial charge in [-0.3, -0.25) is 0 Å². The van der Waals surface area contributed by atoms with E-state index < -0.39 is 5.97 Å². The zero-order chi connectivity index (χ0) is 11.3. The monoisotopic (exact) mass is 227 g/mol. The second kappa shape index (κ2) is 5.72. The summed E-state index contributed by atoms with van der Waals surface area (Å²) >= 11 is 1.56. The van der Waals surface area contributed by atoms with Crippen molar-refractivity contribution < 1.29 is 15.0 Å². The van der Waals surface area contributed by atoms with Crippen molar-refractivity contribution in [2.45, 2.75) is 11.8 Å². The molecule has 0 aliphatic rings. The van der Waals surface area contributed by atoms with Gasteiger partial charge < -0.3 is 10.2 Å². The van der Waals surface area contributed by atoms with Crippen molar-refractivity contribution in [2.24, 2.45) is 5.92 Å². The molecule has 82 valence electrons. The molecule has 0 spiro atoms. The van der Waals surface area contributed by atoms with Gasteiger partial charge in [-0.2, -0.15) is 0 Å². The Balaban J connectivity index is 2.53. The molecule has 5 heteroatoms. The number of hydrogen-bond donors (Lipinski definition) is 2. The van der Waals surface area contributed by atoms with Crippen LogP contribution in [0.4, 0.5) is 0 Å². The lowest BCUT2D eigenvalue weighted by Crippen LogP contribution is -2.03. The molecule has 15 heavy (non-hydrogen) atoms. The number of aliphatic hydroxyl groups is 1. The number of aromatic nitrogens is 1. The zero-order valence-electron chi connectivity index (χ0n) is 8.38. The van der Waals surface area contributed by atoms with Crippen molar-refractivity contribution in [1.29, 1.82) is 0 Å². The second-order valence-corrected chi connectivity index (χ2v) is 4.38. The summed E-state index contributed by atoms with van der Waals surface area (Å²) in [6.07, 6.45) is 1.54. The third kappa shape index (κ3) is 3.89. The van der Waals surface area contributed by atoms with Crippen molar-refractivity contribution in [1.82, 2.24) is 4.98 Å². The van der Waals surface area contributed by atoms with E-state index in [4.69, 9.17) is 10.2 Å². The predicted molar refractivity (Wildman–Crippen MR) is 58.2 cm³/mol. The largest absolute Gasteiger partial charge is 0.477 e. The fourth-order valence-electron chi connectivity index (χ4n) is 0.883. The average molecular weight is 227 g/mol. The molecular formula is C10H13NO3S. The first kappa shape index (κ1) is 12.0. The lowest BCUT2D eigenvalue weighted by atomic mass is 10.2. The van der Waals surface area contributed by atoms with Gasteiger partial charge >= 0.3 is 5.97 Å². The SMILES string of the molecule is CC(CO)CSc1ccc(C(=O)O)nc1. The minimum Gasteiger partial charge on any atom is -0.477 e. The Kier molecular flexibility index (Phi) is 4.58. The van der Waals surface area contributed by atoms with Crippen LogP contribution in [0, 0.1) is 5.92 Å². The van der Waals surface area contributed by atoms with E-state index in [2.05, 4.69) is 4.98 Å². The van der Waals surface area contributed by atoms with Crippen LogP contribution in [0.5, 0.6) is 0 Å². The first-order valence-electron chi connectivity index (χ1n) is 4.56. The molecule has 0 saturated carbocycles. The van der Waals surface area contributed by atoms with E-state index in [0.29, 0.717) is 0 Å². The Hall–Kier alpha value is -1.07. The van der Waals surface area contributed by atoms with Crippen LogP contribution >= 0.6 is 11.8 Å². The molecule has 0 aromatic carbocycles. The zero-order valence-corrected chi connectivity index (χ0v) is 9.20. The third-order valence-electron chi connectivity index (χ3n) is 1.80. The van der Waals surface area contributed by atoms with E-state index in [1.54, 1.807) is 17.8 Å². The molecule has 1 unspecified atom stereocenters. The molecule has 0 fully saturated rings. The maximum Gasteiger partial charge on any atom is 0.354 e. The van der Waals surface area contributed by atoms with Crippen LogP contribution in [0.2, 0.25) is 0 Å². The summed E-state index contributed by atoms with van der Waals surface area (Å²) in [6, 6.07) is 3.21. The van der Waals surface area contributed by atoms with Crippen LogP contribution in [-0.2, 0) is 0 Å². The number of hydrogen-bond acceptors (Lipinski definition) is 4. The summed E-state index contributed by atoms with van der Waals surface area (Å²) in [4.78, 5) is 15.2. The molecule has 1 heterocycles. The maximum absolute atomic E-state index is 10.5. The molecule has 0 bridgehead atoms. The number of carboxylic acid groups (broad SMARTS) is 1. The Bertz CT molecular complexity index is 326. The van der Waals surface area contributed by atoms with Gasteiger partial charge in [0.25, 0.3) is 0 Å². The van der Waals surface area contributed by atoms with Crippen molar-refractivity contribution in [3.05, 3.63) is 24.0 Å². The molecule has 4 nitrogen and oxygen atoms in total. The number of aromatic carboxylic acids is 1. The van der Waals surface area contributed by atoms with Crippen LogP contribution < -0.4 is 0 Å². The number of aliphatic hydroxyl groups excluding tert-OH is 1. The van der Waals surface area contributed by atoms with Gasteiger partial charge in [0.05, 0.1) is 0 Å². The minimum atomic E-state index is -1.02. The minimum absolute atomic E-state index is 0.0505. The van der Waals surface area contributed by atoms with Crippen molar-refractivity contribution in [3.8, 4) is 0 Å². The van der Waals surface area contributed by atoms with Gasteiger partial charge in [0, 0.05) is 23.5 Å². The number of thioether (sulfide) groups is 1. The van der Waals surface area contributed by atoms with E-state index in [0.717, 1.165) is 10.6 Å². The molecule has 1 atom stereocenters. The molecule has 0 aliphatic heterocycles. The fourth-order valence-corrected chi connectivity index (χ4v) is 1.76. The van der Waals surface area contributed by atoms with Gasteiger partial charge in [0.15, 0.2) is 0 Å². The normalized spacial score (nSPS) is 12.4. The highest BCUT2D eigenvalue weighted by Crippen LogP contribution is 2.19. The highest BCUT2D eigenvalue weighted by molar-refractivity contribution is 7.99. The average Bonchev–Trinajstić information content (AvgIpc) is 2.26. The lowest BCUT2D eigenvalue weighted by Gasteiger charge is -2.06. The number of pyridine rings is 1. The highest BCUT2D eigenvalue weighted by Gasteiger charge is 2.05. The van der Waals surface area contributed by atoms with Crippen LogP contribution in [-0.4, -0.2) is 33.5 Å². The standard InChI is InChI=1S/C10H13NO3S/c1-7(5-12)6-15-8-2-3-9(10(13)14)11-4-8/h2-4,7,12H,5-6H2,1H3,(H,13,14). The molecule has 1 aromatic heterocycles. The van der Waals surface area contributed by atoms with Crippen LogP contribution in [0.15, 0.2) is 23.2 Å². The summed E-state index contributed by atoms with van der Waals surface area (Å²) in [5, 5.41) is 17.5. The van der Waals surface area contributed by atoms with Crippen LogP contribution in [0.25, 0.3) is 0 Å². The van der Waals surface area contributed by atoms with Gasteiger partial charge in [-0.1, -0.05) is 6.92 Å². The molecule has 2 N–H and O–H groups in total. The summed E-state index contributed by atoms with van der Waals surface area (Å²) in [6.45, 7) is 2.11. The van der Waals surface area contributed by atoms with Gasteiger partial charge in [0.1, 0.15) is 5.69 Å². The Labute approximate surface area is 92.3 Å². The smallest absolute Gasteiger partial charge is 0.354 e.